The number of rotatable bonds is 6. The molecule has 1 saturated heterocycles. The molecule has 2 N–H and O–H groups in total. The first-order chi connectivity index (χ1) is 15.0. The zero-order valence-corrected chi connectivity index (χ0v) is 17.0. The second-order valence-electron chi connectivity index (χ2n) is 6.83. The lowest BCUT2D eigenvalue weighted by molar-refractivity contribution is 0.0526. The van der Waals surface area contributed by atoms with Crippen molar-refractivity contribution in [3.8, 4) is 0 Å². The zero-order chi connectivity index (χ0) is 22.2. The Labute approximate surface area is 178 Å². The number of aliphatic imine (C=N–C) groups is 1. The molecule has 1 heterocycles. The van der Waals surface area contributed by atoms with E-state index in [1.54, 1.807) is 31.2 Å². The summed E-state index contributed by atoms with van der Waals surface area (Å²) in [6.45, 7) is 2.98. The number of amides is 1. The molecule has 1 amide bonds. The van der Waals surface area contributed by atoms with E-state index in [0.29, 0.717) is 24.4 Å². The molecule has 2 aromatic rings. The summed E-state index contributed by atoms with van der Waals surface area (Å²) in [6.07, 6.45) is 1.75. The fourth-order valence-electron chi connectivity index (χ4n) is 2.95. The van der Waals surface area contributed by atoms with Gasteiger partial charge in [0, 0.05) is 17.9 Å². The van der Waals surface area contributed by atoms with Gasteiger partial charge in [0.1, 0.15) is 0 Å². The number of carbonyl (C=O) groups excluding carboxylic acids is 2. The van der Waals surface area contributed by atoms with Gasteiger partial charge in [0.2, 0.25) is 5.96 Å². The van der Waals surface area contributed by atoms with Crippen LogP contribution in [0.15, 0.2) is 47.5 Å². The number of guanidine groups is 1. The first-order valence-electron chi connectivity index (χ1n) is 9.93. The molecule has 1 aliphatic heterocycles. The fraction of sp³-hybridized carbons (Fsp3) is 0.318. The molecule has 7 nitrogen and oxygen atoms in total. The van der Waals surface area contributed by atoms with Crippen LogP contribution in [0.25, 0.3) is 0 Å². The molecule has 0 radical (unpaired) electrons. The Bertz CT molecular complexity index is 958. The Morgan fingerprint density at radius 2 is 1.87 bits per heavy atom. The third-order valence-corrected chi connectivity index (χ3v) is 4.55. The van der Waals surface area contributed by atoms with Crippen molar-refractivity contribution in [2.24, 2.45) is 4.99 Å². The van der Waals surface area contributed by atoms with Crippen LogP contribution in [0.4, 0.5) is 14.5 Å². The van der Waals surface area contributed by atoms with Crippen LogP contribution in [0.2, 0.25) is 0 Å². The van der Waals surface area contributed by atoms with Crippen LogP contribution in [-0.4, -0.2) is 43.7 Å². The van der Waals surface area contributed by atoms with E-state index in [1.165, 1.54) is 6.07 Å². The molecule has 0 unspecified atom stereocenters. The average Bonchev–Trinajstić information content (AvgIpc) is 3.28. The number of nitrogens with one attached hydrogen (secondary N) is 2. The highest BCUT2D eigenvalue weighted by Crippen LogP contribution is 2.14. The highest BCUT2D eigenvalue weighted by Gasteiger charge is 2.17. The van der Waals surface area contributed by atoms with Gasteiger partial charge in [0.05, 0.1) is 24.8 Å². The molecule has 0 spiro atoms. The van der Waals surface area contributed by atoms with Crippen molar-refractivity contribution in [3.05, 3.63) is 65.2 Å². The first kappa shape index (κ1) is 22.4. The van der Waals surface area contributed by atoms with Gasteiger partial charge in [-0.2, -0.15) is 0 Å². The molecule has 2 aromatic carbocycles. The van der Waals surface area contributed by atoms with Gasteiger partial charge in [-0.1, -0.05) is 0 Å². The van der Waals surface area contributed by atoms with Crippen LogP contribution in [0, 0.1) is 11.6 Å². The molecule has 164 valence electrons. The predicted octanol–water partition coefficient (Wildman–Crippen LogP) is 3.52. The summed E-state index contributed by atoms with van der Waals surface area (Å²) in [5.74, 6) is -3.13. The van der Waals surface area contributed by atoms with Crippen molar-refractivity contribution >= 4 is 23.5 Å². The lowest BCUT2D eigenvalue weighted by Gasteiger charge is -2.14. The van der Waals surface area contributed by atoms with Crippen molar-refractivity contribution in [2.75, 3.05) is 25.1 Å². The minimum Gasteiger partial charge on any atom is -0.462 e. The quantitative estimate of drug-likeness (QED) is 0.415. The summed E-state index contributed by atoms with van der Waals surface area (Å²) in [5.41, 5.74) is 0.893. The largest absolute Gasteiger partial charge is 0.462 e. The zero-order valence-electron chi connectivity index (χ0n) is 17.0. The van der Waals surface area contributed by atoms with E-state index in [2.05, 4.69) is 15.6 Å². The second-order valence-corrected chi connectivity index (χ2v) is 6.83. The maximum atomic E-state index is 13.5. The van der Waals surface area contributed by atoms with Crippen molar-refractivity contribution in [1.29, 1.82) is 0 Å². The number of anilines is 1. The minimum atomic E-state index is -1.12. The van der Waals surface area contributed by atoms with E-state index in [-0.39, 0.29) is 24.2 Å². The molecular weight excluding hydrogens is 408 g/mol. The molecule has 9 heteroatoms. The molecule has 0 saturated carbocycles. The van der Waals surface area contributed by atoms with Crippen LogP contribution in [0.1, 0.15) is 40.5 Å². The second kappa shape index (κ2) is 10.6. The summed E-state index contributed by atoms with van der Waals surface area (Å²) in [4.78, 5) is 28.7. The standard InChI is InChI=1S/C22H23F2N3O4/c1-2-30-21(29)14-5-8-16(9-6-14)26-22(25-13-17-4-3-11-31-17)27-20(28)15-7-10-18(23)19(24)12-15/h5-10,12,17H,2-4,11,13H2,1H3,(H2,25,26,27,28)/t17-/m1/s1. The maximum Gasteiger partial charge on any atom is 0.338 e. The predicted molar refractivity (Wildman–Crippen MR) is 111 cm³/mol. The number of benzene rings is 2. The number of ether oxygens (including phenoxy) is 2. The van der Waals surface area contributed by atoms with Crippen molar-refractivity contribution in [2.45, 2.75) is 25.9 Å². The smallest absolute Gasteiger partial charge is 0.338 e. The highest BCUT2D eigenvalue weighted by molar-refractivity contribution is 6.10. The van der Waals surface area contributed by atoms with Gasteiger partial charge in [-0.15, -0.1) is 0 Å². The van der Waals surface area contributed by atoms with Crippen LogP contribution in [0.3, 0.4) is 0 Å². The molecule has 3 rings (SSSR count). The maximum absolute atomic E-state index is 13.5. The summed E-state index contributed by atoms with van der Waals surface area (Å²) >= 11 is 0. The summed E-state index contributed by atoms with van der Waals surface area (Å²) in [5, 5.41) is 5.54. The molecule has 1 fully saturated rings. The molecule has 0 aliphatic carbocycles. The Balaban J connectivity index is 1.74. The van der Waals surface area contributed by atoms with E-state index >= 15 is 0 Å². The number of esters is 1. The van der Waals surface area contributed by atoms with Crippen LogP contribution in [0.5, 0.6) is 0 Å². The molecule has 1 atom stereocenters. The third kappa shape index (κ3) is 6.32. The van der Waals surface area contributed by atoms with Gasteiger partial charge in [0.25, 0.3) is 5.91 Å². The van der Waals surface area contributed by atoms with E-state index in [0.717, 1.165) is 25.0 Å². The van der Waals surface area contributed by atoms with Gasteiger partial charge in [-0.3, -0.25) is 10.1 Å². The van der Waals surface area contributed by atoms with Gasteiger partial charge < -0.3 is 14.8 Å². The van der Waals surface area contributed by atoms with E-state index in [1.807, 2.05) is 0 Å². The van der Waals surface area contributed by atoms with Gasteiger partial charge >= 0.3 is 5.97 Å². The number of carbonyl (C=O) groups is 2. The fourth-order valence-corrected chi connectivity index (χ4v) is 2.95. The molecule has 0 bridgehead atoms. The number of halogens is 2. The van der Waals surface area contributed by atoms with Crippen LogP contribution < -0.4 is 10.6 Å². The van der Waals surface area contributed by atoms with Gasteiger partial charge in [0.15, 0.2) is 11.6 Å². The molecule has 0 aromatic heterocycles. The topological polar surface area (TPSA) is 89.0 Å². The van der Waals surface area contributed by atoms with Crippen molar-refractivity contribution in [1.82, 2.24) is 5.32 Å². The molecular formula is C22H23F2N3O4. The Hall–Kier alpha value is -3.33. The van der Waals surface area contributed by atoms with Gasteiger partial charge in [-0.25, -0.2) is 18.6 Å². The Kier molecular flexibility index (Phi) is 7.66. The molecule has 1 aliphatic rings. The number of hydrogen-bond acceptors (Lipinski definition) is 5. The Morgan fingerprint density at radius 3 is 2.52 bits per heavy atom. The van der Waals surface area contributed by atoms with Crippen LogP contribution >= 0.6 is 0 Å². The van der Waals surface area contributed by atoms with Crippen molar-refractivity contribution < 1.29 is 27.8 Å². The van der Waals surface area contributed by atoms with Gasteiger partial charge in [-0.05, 0) is 62.2 Å². The molecule has 31 heavy (non-hydrogen) atoms. The lowest BCUT2D eigenvalue weighted by Crippen LogP contribution is -2.36. The van der Waals surface area contributed by atoms with Crippen molar-refractivity contribution in [3.63, 3.8) is 0 Å². The van der Waals surface area contributed by atoms with E-state index in [4.69, 9.17) is 9.47 Å². The normalized spacial score (nSPS) is 16.1. The first-order valence-corrected chi connectivity index (χ1v) is 9.93. The minimum absolute atomic E-state index is 0.0526. The average molecular weight is 431 g/mol. The number of hydrogen-bond donors (Lipinski definition) is 2. The summed E-state index contributed by atoms with van der Waals surface area (Å²) in [7, 11) is 0. The monoisotopic (exact) mass is 431 g/mol. The van der Waals surface area contributed by atoms with E-state index < -0.39 is 23.5 Å². The summed E-state index contributed by atoms with van der Waals surface area (Å²) < 4.78 is 37.1. The SMILES string of the molecule is CCOC(=O)c1ccc(NC(=NC[C@H]2CCCO2)NC(=O)c2ccc(F)c(F)c2)cc1. The number of nitrogens with zero attached hydrogens (tertiary/aromatic N) is 1. The highest BCUT2D eigenvalue weighted by atomic mass is 19.2. The summed E-state index contributed by atoms with van der Waals surface area (Å²) in [6, 6.07) is 9.31. The Morgan fingerprint density at radius 1 is 1.13 bits per heavy atom. The van der Waals surface area contributed by atoms with Crippen LogP contribution in [-0.2, 0) is 9.47 Å². The third-order valence-electron chi connectivity index (χ3n) is 4.55. The van der Waals surface area contributed by atoms with E-state index in [9.17, 15) is 18.4 Å². The lowest BCUT2D eigenvalue weighted by atomic mass is 10.2.